The first-order chi connectivity index (χ1) is 17.1. The van der Waals surface area contributed by atoms with Crippen LogP contribution in [0.25, 0.3) is 0 Å². The van der Waals surface area contributed by atoms with Crippen LogP contribution in [-0.4, -0.2) is 37.1 Å². The van der Waals surface area contributed by atoms with Gasteiger partial charge in [0.25, 0.3) is 5.91 Å². The highest BCUT2D eigenvalue weighted by Gasteiger charge is 2.37. The lowest BCUT2D eigenvalue weighted by Gasteiger charge is -2.34. The maximum absolute atomic E-state index is 14.0. The minimum atomic E-state index is -0.977. The first-order valence-corrected chi connectivity index (χ1v) is 11.9. The first-order valence-electron chi connectivity index (χ1n) is 11.9. The minimum Gasteiger partial charge on any atom is -0.497 e. The number of para-hydroxylation sites is 1. The van der Waals surface area contributed by atoms with Crippen molar-refractivity contribution in [3.05, 3.63) is 84.2 Å². The molecule has 2 aromatic carbocycles. The van der Waals surface area contributed by atoms with Crippen LogP contribution in [0, 0.1) is 0 Å². The van der Waals surface area contributed by atoms with E-state index in [-0.39, 0.29) is 23.6 Å². The van der Waals surface area contributed by atoms with Gasteiger partial charge < -0.3 is 14.8 Å². The lowest BCUT2D eigenvalue weighted by atomic mass is 9.94. The summed E-state index contributed by atoms with van der Waals surface area (Å²) in [6, 6.07) is 18.7. The zero-order chi connectivity index (χ0) is 24.6. The quantitative estimate of drug-likeness (QED) is 0.501. The van der Waals surface area contributed by atoms with E-state index in [2.05, 4.69) is 10.3 Å². The molecule has 7 heteroatoms. The number of nitrogens with one attached hydrogen (secondary N) is 1. The average molecular weight is 474 g/mol. The predicted molar refractivity (Wildman–Crippen MR) is 135 cm³/mol. The Morgan fingerprint density at radius 2 is 1.69 bits per heavy atom. The molecule has 1 fully saturated rings. The number of anilines is 1. The number of amides is 2. The van der Waals surface area contributed by atoms with E-state index in [1.165, 1.54) is 11.3 Å². The Labute approximate surface area is 206 Å². The molecule has 1 aliphatic carbocycles. The molecule has 182 valence electrons. The van der Waals surface area contributed by atoms with Gasteiger partial charge in [0.15, 0.2) is 0 Å². The van der Waals surface area contributed by atoms with Crippen molar-refractivity contribution in [3.63, 3.8) is 0 Å². The highest BCUT2D eigenvalue weighted by Crippen LogP contribution is 2.36. The van der Waals surface area contributed by atoms with Gasteiger partial charge in [-0.2, -0.15) is 0 Å². The van der Waals surface area contributed by atoms with Crippen LogP contribution in [0.3, 0.4) is 0 Å². The summed E-state index contributed by atoms with van der Waals surface area (Å²) in [6.45, 7) is 0. The normalized spacial score (nSPS) is 14.6. The third kappa shape index (κ3) is 5.62. The van der Waals surface area contributed by atoms with Crippen molar-refractivity contribution in [2.75, 3.05) is 19.1 Å². The van der Waals surface area contributed by atoms with Gasteiger partial charge in [-0.1, -0.05) is 43.5 Å². The van der Waals surface area contributed by atoms with Gasteiger partial charge in [0.2, 0.25) is 5.91 Å². The number of benzene rings is 2. The van der Waals surface area contributed by atoms with E-state index >= 15 is 0 Å². The molecule has 3 aromatic rings. The monoisotopic (exact) mass is 473 g/mol. The number of hydrogen-bond donors (Lipinski definition) is 1. The van der Waals surface area contributed by atoms with E-state index in [0.717, 1.165) is 25.7 Å². The second-order valence-corrected chi connectivity index (χ2v) is 8.58. The summed E-state index contributed by atoms with van der Waals surface area (Å²) in [4.78, 5) is 33.6. The van der Waals surface area contributed by atoms with Crippen molar-refractivity contribution >= 4 is 17.5 Å². The fourth-order valence-corrected chi connectivity index (χ4v) is 4.55. The lowest BCUT2D eigenvalue weighted by Crippen LogP contribution is -2.47. The summed E-state index contributed by atoms with van der Waals surface area (Å²) in [5.74, 6) is 0.425. The first kappa shape index (κ1) is 24.3. The topological polar surface area (TPSA) is 80.8 Å². The van der Waals surface area contributed by atoms with Crippen LogP contribution in [0.2, 0.25) is 0 Å². The molecule has 1 aliphatic rings. The van der Waals surface area contributed by atoms with Crippen molar-refractivity contribution in [3.8, 4) is 11.5 Å². The summed E-state index contributed by atoms with van der Waals surface area (Å²) in [6.07, 6.45) is 6.76. The van der Waals surface area contributed by atoms with E-state index in [1.807, 2.05) is 30.3 Å². The number of nitrogens with zero attached hydrogens (tertiary/aromatic N) is 2. The number of carbonyl (C=O) groups is 2. The molecule has 0 saturated heterocycles. The van der Waals surface area contributed by atoms with E-state index in [9.17, 15) is 9.59 Å². The lowest BCUT2D eigenvalue weighted by molar-refractivity contribution is -0.123. The molecule has 1 atom stereocenters. The SMILES string of the molecule is COc1ccc([C@H](C(=O)NC2CCCCC2)N(C(=O)c2ccccn2)c2ccccc2)c(OC)c1. The smallest absolute Gasteiger partial charge is 0.277 e. The molecule has 0 spiro atoms. The summed E-state index contributed by atoms with van der Waals surface area (Å²) in [5, 5.41) is 3.21. The Balaban J connectivity index is 1.84. The van der Waals surface area contributed by atoms with E-state index in [4.69, 9.17) is 9.47 Å². The molecule has 4 rings (SSSR count). The molecule has 0 bridgehead atoms. The fourth-order valence-electron chi connectivity index (χ4n) is 4.55. The van der Waals surface area contributed by atoms with E-state index in [1.54, 1.807) is 56.8 Å². The molecule has 0 aliphatic heterocycles. The molecule has 2 amide bonds. The van der Waals surface area contributed by atoms with Crippen LogP contribution < -0.4 is 19.7 Å². The van der Waals surface area contributed by atoms with Gasteiger partial charge in [-0.15, -0.1) is 0 Å². The Bertz CT molecular complexity index is 1130. The zero-order valence-corrected chi connectivity index (χ0v) is 20.1. The molecule has 1 heterocycles. The van der Waals surface area contributed by atoms with Crippen molar-refractivity contribution < 1.29 is 19.1 Å². The molecular formula is C28H31N3O4. The number of pyridine rings is 1. The van der Waals surface area contributed by atoms with Crippen LogP contribution in [0.4, 0.5) is 5.69 Å². The maximum Gasteiger partial charge on any atom is 0.277 e. The highest BCUT2D eigenvalue weighted by atomic mass is 16.5. The van der Waals surface area contributed by atoms with Gasteiger partial charge in [0.1, 0.15) is 23.2 Å². The largest absolute Gasteiger partial charge is 0.497 e. The van der Waals surface area contributed by atoms with E-state index < -0.39 is 6.04 Å². The Morgan fingerprint density at radius 3 is 2.34 bits per heavy atom. The van der Waals surface area contributed by atoms with Gasteiger partial charge in [-0.25, -0.2) is 0 Å². The summed E-state index contributed by atoms with van der Waals surface area (Å²) < 4.78 is 11.0. The van der Waals surface area contributed by atoms with Gasteiger partial charge in [0.05, 0.1) is 14.2 Å². The number of ether oxygens (including phenoxy) is 2. The van der Waals surface area contributed by atoms with Crippen molar-refractivity contribution in [2.24, 2.45) is 0 Å². The summed E-state index contributed by atoms with van der Waals surface area (Å²) in [5.41, 5.74) is 1.40. The van der Waals surface area contributed by atoms with E-state index in [0.29, 0.717) is 22.7 Å². The number of methoxy groups -OCH3 is 2. The molecule has 35 heavy (non-hydrogen) atoms. The molecule has 1 N–H and O–H groups in total. The molecule has 1 aromatic heterocycles. The van der Waals surface area contributed by atoms with Crippen LogP contribution in [0.15, 0.2) is 72.9 Å². The van der Waals surface area contributed by atoms with Crippen molar-refractivity contribution in [2.45, 2.75) is 44.2 Å². The van der Waals surface area contributed by atoms with Crippen molar-refractivity contribution in [1.82, 2.24) is 10.3 Å². The molecule has 0 unspecified atom stereocenters. The predicted octanol–water partition coefficient (Wildman–Crippen LogP) is 4.94. The summed E-state index contributed by atoms with van der Waals surface area (Å²) in [7, 11) is 3.12. The van der Waals surface area contributed by atoms with Gasteiger partial charge in [-0.3, -0.25) is 19.5 Å². The number of carbonyl (C=O) groups excluding carboxylic acids is 2. The average Bonchev–Trinajstić information content (AvgIpc) is 2.92. The van der Waals surface area contributed by atoms with Crippen molar-refractivity contribution in [1.29, 1.82) is 0 Å². The van der Waals surface area contributed by atoms with Crippen LogP contribution in [0.5, 0.6) is 11.5 Å². The Morgan fingerprint density at radius 1 is 0.943 bits per heavy atom. The molecular weight excluding hydrogens is 442 g/mol. The Kier molecular flexibility index (Phi) is 7.98. The van der Waals surface area contributed by atoms with Crippen LogP contribution in [-0.2, 0) is 4.79 Å². The fraction of sp³-hybridized carbons (Fsp3) is 0.321. The second kappa shape index (κ2) is 11.5. The number of rotatable bonds is 8. The van der Waals surface area contributed by atoms with Gasteiger partial charge in [0, 0.05) is 29.6 Å². The van der Waals surface area contributed by atoms with Crippen LogP contribution >= 0.6 is 0 Å². The Hall–Kier alpha value is -3.87. The highest BCUT2D eigenvalue weighted by molar-refractivity contribution is 6.09. The maximum atomic E-state index is 14.0. The molecule has 1 saturated carbocycles. The molecule has 0 radical (unpaired) electrons. The third-order valence-corrected chi connectivity index (χ3v) is 6.33. The standard InChI is InChI=1S/C28H31N3O4/c1-34-22-16-17-23(25(19-22)35-2)26(27(32)30-20-11-5-3-6-12-20)31(21-13-7-4-8-14-21)28(33)24-15-9-10-18-29-24/h4,7-10,13-20,26H,3,5-6,11-12H2,1-2H3,(H,30,32)/t26-/m1/s1. The summed E-state index contributed by atoms with van der Waals surface area (Å²) >= 11 is 0. The minimum absolute atomic E-state index is 0.0746. The number of aromatic nitrogens is 1. The number of hydrogen-bond acceptors (Lipinski definition) is 5. The van der Waals surface area contributed by atoms with Crippen LogP contribution in [0.1, 0.15) is 54.2 Å². The van der Waals surface area contributed by atoms with Gasteiger partial charge in [-0.05, 0) is 49.2 Å². The zero-order valence-electron chi connectivity index (χ0n) is 20.1. The third-order valence-electron chi connectivity index (χ3n) is 6.33. The second-order valence-electron chi connectivity index (χ2n) is 8.58. The van der Waals surface area contributed by atoms with Gasteiger partial charge >= 0.3 is 0 Å². The molecule has 7 nitrogen and oxygen atoms in total.